The van der Waals surface area contributed by atoms with Gasteiger partial charge in [-0.05, 0) is 37.4 Å². The van der Waals surface area contributed by atoms with Crippen molar-refractivity contribution in [3.05, 3.63) is 53.6 Å². The number of hydrogen-bond acceptors (Lipinski definition) is 4. The fourth-order valence-electron chi connectivity index (χ4n) is 4.77. The molecule has 1 N–H and O–H groups in total. The van der Waals surface area contributed by atoms with Gasteiger partial charge in [-0.1, -0.05) is 18.2 Å². The Hall–Kier alpha value is -2.65. The molecule has 6 nitrogen and oxygen atoms in total. The minimum atomic E-state index is 0.182. The number of rotatable bonds is 5. The van der Waals surface area contributed by atoms with Gasteiger partial charge in [-0.2, -0.15) is 5.26 Å². The largest absolute Gasteiger partial charge is 0.348 e. The molecule has 0 radical (unpaired) electrons. The van der Waals surface area contributed by atoms with Crippen LogP contribution in [0.3, 0.4) is 0 Å². The van der Waals surface area contributed by atoms with Gasteiger partial charge in [0, 0.05) is 56.3 Å². The van der Waals surface area contributed by atoms with Crippen molar-refractivity contribution in [1.29, 1.82) is 5.26 Å². The van der Waals surface area contributed by atoms with Gasteiger partial charge >= 0.3 is 0 Å². The second-order valence-corrected chi connectivity index (χ2v) is 8.23. The number of likely N-dealkylation sites (tertiary alicyclic amines) is 2. The monoisotopic (exact) mass is 377 g/mol. The van der Waals surface area contributed by atoms with Crippen molar-refractivity contribution in [2.75, 3.05) is 26.2 Å². The molecule has 1 spiro atoms. The Kier molecular flexibility index (Phi) is 5.45. The molecular weight excluding hydrogens is 350 g/mol. The summed E-state index contributed by atoms with van der Waals surface area (Å²) in [6, 6.07) is 10.2. The zero-order chi connectivity index (χ0) is 19.4. The van der Waals surface area contributed by atoms with E-state index in [1.807, 2.05) is 24.4 Å². The molecule has 1 aromatic heterocycles. The zero-order valence-corrected chi connectivity index (χ0v) is 16.2. The highest BCUT2D eigenvalue weighted by molar-refractivity contribution is 5.77. The van der Waals surface area contributed by atoms with Gasteiger partial charge in [-0.3, -0.25) is 9.69 Å². The van der Waals surface area contributed by atoms with E-state index in [0.717, 1.165) is 68.8 Å². The maximum Gasteiger partial charge on any atom is 0.222 e. The van der Waals surface area contributed by atoms with Crippen molar-refractivity contribution in [2.24, 2.45) is 5.41 Å². The predicted octanol–water partition coefficient (Wildman–Crippen LogP) is 2.73. The number of nitrogens with one attached hydrogen (secondary N) is 1. The number of nitriles is 1. The first-order valence-electron chi connectivity index (χ1n) is 10.1. The van der Waals surface area contributed by atoms with Crippen LogP contribution in [0.4, 0.5) is 0 Å². The summed E-state index contributed by atoms with van der Waals surface area (Å²) < 4.78 is 0. The summed E-state index contributed by atoms with van der Waals surface area (Å²) in [5.41, 5.74) is 3.12. The van der Waals surface area contributed by atoms with Crippen LogP contribution in [0.25, 0.3) is 0 Å². The third-order valence-electron chi connectivity index (χ3n) is 6.23. The summed E-state index contributed by atoms with van der Waals surface area (Å²) in [5, 5.41) is 9.37. The first-order valence-corrected chi connectivity index (χ1v) is 10.1. The Labute approximate surface area is 166 Å². The highest BCUT2D eigenvalue weighted by Crippen LogP contribution is 2.39. The fraction of sp³-hybridized carbons (Fsp3) is 0.500. The molecule has 2 aliphatic heterocycles. The first-order chi connectivity index (χ1) is 13.7. The molecule has 2 fully saturated rings. The second-order valence-electron chi connectivity index (χ2n) is 8.23. The van der Waals surface area contributed by atoms with E-state index in [1.54, 1.807) is 6.33 Å². The van der Waals surface area contributed by atoms with Crippen LogP contribution in [0, 0.1) is 16.7 Å². The number of amides is 1. The molecule has 6 heteroatoms. The Balaban J connectivity index is 1.41. The van der Waals surface area contributed by atoms with E-state index in [4.69, 9.17) is 0 Å². The van der Waals surface area contributed by atoms with Gasteiger partial charge in [0.1, 0.15) is 0 Å². The average molecular weight is 377 g/mol. The van der Waals surface area contributed by atoms with Crippen molar-refractivity contribution in [1.82, 2.24) is 19.8 Å². The Bertz CT molecular complexity index is 856. The lowest BCUT2D eigenvalue weighted by Crippen LogP contribution is -2.54. The SMILES string of the molecule is N#Cc1ccccc1CN1CCCC2(CCC(=O)N(CCc3cnc[nH]3)C2)C1. The number of aromatic amines is 1. The van der Waals surface area contributed by atoms with Crippen LogP contribution in [0.2, 0.25) is 0 Å². The molecule has 2 aromatic rings. The lowest BCUT2D eigenvalue weighted by atomic mass is 9.73. The highest BCUT2D eigenvalue weighted by Gasteiger charge is 2.41. The maximum atomic E-state index is 12.5. The minimum absolute atomic E-state index is 0.182. The standard InChI is InChI=1S/C22H27N5O/c23-12-18-4-1-2-5-19(18)14-26-10-3-8-22(15-26)9-6-21(28)27(16-22)11-7-20-13-24-17-25-20/h1-2,4-5,13,17H,3,6-11,14-16H2,(H,24,25). The molecule has 1 atom stereocenters. The Morgan fingerprint density at radius 3 is 2.96 bits per heavy atom. The quantitative estimate of drug-likeness (QED) is 0.869. The number of hydrogen-bond donors (Lipinski definition) is 1. The molecule has 3 heterocycles. The van der Waals surface area contributed by atoms with Crippen LogP contribution in [0.1, 0.15) is 42.5 Å². The van der Waals surface area contributed by atoms with E-state index in [9.17, 15) is 10.1 Å². The van der Waals surface area contributed by atoms with E-state index < -0.39 is 0 Å². The lowest BCUT2D eigenvalue weighted by Gasteiger charge is -2.48. The lowest BCUT2D eigenvalue weighted by molar-refractivity contribution is -0.139. The number of imidazole rings is 1. The number of H-pyrrole nitrogens is 1. The topological polar surface area (TPSA) is 76.0 Å². The average Bonchev–Trinajstić information content (AvgIpc) is 3.23. The van der Waals surface area contributed by atoms with Gasteiger partial charge < -0.3 is 9.88 Å². The predicted molar refractivity (Wildman–Crippen MR) is 106 cm³/mol. The molecule has 1 amide bonds. The van der Waals surface area contributed by atoms with Crippen molar-refractivity contribution < 1.29 is 4.79 Å². The molecule has 0 bridgehead atoms. The molecule has 1 unspecified atom stereocenters. The van der Waals surface area contributed by atoms with E-state index >= 15 is 0 Å². The third kappa shape index (κ3) is 4.10. The van der Waals surface area contributed by atoms with Crippen molar-refractivity contribution in [3.8, 4) is 6.07 Å². The van der Waals surface area contributed by atoms with Gasteiger partial charge in [0.25, 0.3) is 0 Å². The zero-order valence-electron chi connectivity index (χ0n) is 16.2. The van der Waals surface area contributed by atoms with E-state index in [0.29, 0.717) is 6.42 Å². The second kappa shape index (κ2) is 8.15. The molecule has 0 aliphatic carbocycles. The summed E-state index contributed by atoms with van der Waals surface area (Å²) in [6.45, 7) is 4.47. The Morgan fingerprint density at radius 2 is 2.14 bits per heavy atom. The molecule has 4 rings (SSSR count). The van der Waals surface area contributed by atoms with Gasteiger partial charge in [0.05, 0.1) is 18.0 Å². The summed E-state index contributed by atoms with van der Waals surface area (Å²) in [4.78, 5) is 24.2. The molecule has 0 saturated carbocycles. The smallest absolute Gasteiger partial charge is 0.222 e. The van der Waals surface area contributed by atoms with Crippen LogP contribution in [-0.2, 0) is 17.8 Å². The summed E-state index contributed by atoms with van der Waals surface area (Å²) in [6.07, 6.45) is 8.29. The van der Waals surface area contributed by atoms with E-state index in [-0.39, 0.29) is 11.3 Å². The van der Waals surface area contributed by atoms with Gasteiger partial charge in [-0.25, -0.2) is 4.98 Å². The number of carbonyl (C=O) groups excluding carboxylic acids is 1. The number of carbonyl (C=O) groups is 1. The Morgan fingerprint density at radius 1 is 1.25 bits per heavy atom. The number of piperidine rings is 2. The normalized spacial score (nSPS) is 23.1. The van der Waals surface area contributed by atoms with E-state index in [1.165, 1.54) is 6.42 Å². The van der Waals surface area contributed by atoms with Crippen molar-refractivity contribution in [2.45, 2.75) is 38.6 Å². The molecule has 2 saturated heterocycles. The third-order valence-corrected chi connectivity index (χ3v) is 6.23. The molecule has 1 aromatic carbocycles. The molecular formula is C22H27N5O. The number of benzene rings is 1. The minimum Gasteiger partial charge on any atom is -0.348 e. The van der Waals surface area contributed by atoms with E-state index in [2.05, 4.69) is 31.9 Å². The van der Waals surface area contributed by atoms with Crippen LogP contribution in [0.15, 0.2) is 36.8 Å². The van der Waals surface area contributed by atoms with Crippen molar-refractivity contribution in [3.63, 3.8) is 0 Å². The maximum absolute atomic E-state index is 12.5. The highest BCUT2D eigenvalue weighted by atomic mass is 16.2. The first kappa shape index (κ1) is 18.7. The fourth-order valence-corrected chi connectivity index (χ4v) is 4.77. The van der Waals surface area contributed by atoms with Gasteiger partial charge in [0.15, 0.2) is 0 Å². The van der Waals surface area contributed by atoms with Crippen LogP contribution in [-0.4, -0.2) is 51.9 Å². The molecule has 28 heavy (non-hydrogen) atoms. The van der Waals surface area contributed by atoms with Gasteiger partial charge in [-0.15, -0.1) is 0 Å². The van der Waals surface area contributed by atoms with Gasteiger partial charge in [0.2, 0.25) is 5.91 Å². The molecule has 146 valence electrons. The van der Waals surface area contributed by atoms with Crippen molar-refractivity contribution >= 4 is 5.91 Å². The number of aromatic nitrogens is 2. The summed E-state index contributed by atoms with van der Waals surface area (Å²) in [5.74, 6) is 0.275. The van der Waals surface area contributed by atoms with Crippen LogP contribution < -0.4 is 0 Å². The summed E-state index contributed by atoms with van der Waals surface area (Å²) >= 11 is 0. The van der Waals surface area contributed by atoms with Crippen LogP contribution in [0.5, 0.6) is 0 Å². The molecule has 2 aliphatic rings. The number of nitrogens with zero attached hydrogens (tertiary/aromatic N) is 4. The van der Waals surface area contributed by atoms with Crippen LogP contribution >= 0.6 is 0 Å². The summed E-state index contributed by atoms with van der Waals surface area (Å²) in [7, 11) is 0.